The summed E-state index contributed by atoms with van der Waals surface area (Å²) in [5.41, 5.74) is 1.36. The minimum absolute atomic E-state index is 0.200. The number of carbonyl (C=O) groups is 2. The maximum absolute atomic E-state index is 12.2. The summed E-state index contributed by atoms with van der Waals surface area (Å²) < 4.78 is 0. The highest BCUT2D eigenvalue weighted by molar-refractivity contribution is 5.98. The van der Waals surface area contributed by atoms with Gasteiger partial charge in [-0.25, -0.2) is 0 Å². The summed E-state index contributed by atoms with van der Waals surface area (Å²) in [7, 11) is 3.87. The minimum atomic E-state index is -0.344. The summed E-state index contributed by atoms with van der Waals surface area (Å²) in [6.45, 7) is 1.59. The largest absolute Gasteiger partial charge is 0.351 e. The molecule has 0 fully saturated rings. The lowest BCUT2D eigenvalue weighted by molar-refractivity contribution is 0.0945. The molecule has 7 heteroatoms. The van der Waals surface area contributed by atoms with Gasteiger partial charge in [-0.1, -0.05) is 6.07 Å². The summed E-state index contributed by atoms with van der Waals surface area (Å²) >= 11 is 0. The summed E-state index contributed by atoms with van der Waals surface area (Å²) in [6.07, 6.45) is 3.12. The highest BCUT2D eigenvalue weighted by Gasteiger charge is 2.11. The molecule has 0 aliphatic carbocycles. The molecule has 0 atom stereocenters. The normalized spacial score (nSPS) is 10.5. The van der Waals surface area contributed by atoms with Crippen LogP contribution in [0.25, 0.3) is 0 Å². The fourth-order valence-corrected chi connectivity index (χ4v) is 1.96. The first kappa shape index (κ1) is 17.6. The molecule has 0 bridgehead atoms. The Morgan fingerprint density at radius 1 is 1.04 bits per heavy atom. The van der Waals surface area contributed by atoms with Crippen molar-refractivity contribution < 1.29 is 9.59 Å². The number of aromatic nitrogens is 2. The Kier molecular flexibility index (Phi) is 6.39. The average Bonchev–Trinajstić information content (AvgIpc) is 2.60. The molecular weight excluding hydrogens is 306 g/mol. The molecule has 2 amide bonds. The predicted octanol–water partition coefficient (Wildman–Crippen LogP) is 0.698. The maximum Gasteiger partial charge on any atom is 0.270 e. The molecule has 0 aliphatic heterocycles. The van der Waals surface area contributed by atoms with Gasteiger partial charge >= 0.3 is 0 Å². The van der Waals surface area contributed by atoms with E-state index in [1.807, 2.05) is 37.2 Å². The van der Waals surface area contributed by atoms with E-state index in [9.17, 15) is 9.59 Å². The van der Waals surface area contributed by atoms with Crippen molar-refractivity contribution in [3.8, 4) is 0 Å². The van der Waals surface area contributed by atoms with Gasteiger partial charge in [-0.2, -0.15) is 0 Å². The molecule has 0 unspecified atom stereocenters. The second-order valence-corrected chi connectivity index (χ2v) is 5.49. The molecule has 0 aromatic carbocycles. The molecule has 24 heavy (non-hydrogen) atoms. The fraction of sp³-hybridized carbons (Fsp3) is 0.294. The van der Waals surface area contributed by atoms with Crippen LogP contribution in [0.15, 0.2) is 42.7 Å². The van der Waals surface area contributed by atoms with Crippen LogP contribution in [0.3, 0.4) is 0 Å². The molecule has 7 nitrogen and oxygen atoms in total. The van der Waals surface area contributed by atoms with Gasteiger partial charge in [0.1, 0.15) is 5.69 Å². The van der Waals surface area contributed by atoms with Gasteiger partial charge in [0.05, 0.1) is 12.2 Å². The molecule has 0 saturated carbocycles. The molecule has 2 heterocycles. The van der Waals surface area contributed by atoms with Crippen LogP contribution in [0.2, 0.25) is 0 Å². The standard InChI is InChI=1S/C17H21N5O2/c1-22(2)10-9-20-16(23)13-6-8-19-15(11-13)17(24)21-12-14-5-3-4-7-18-14/h3-8,11H,9-10,12H2,1-2H3,(H,20,23)(H,21,24). The lowest BCUT2D eigenvalue weighted by Gasteiger charge is -2.10. The number of rotatable bonds is 7. The first-order valence-electron chi connectivity index (χ1n) is 7.63. The Labute approximate surface area is 141 Å². The quantitative estimate of drug-likeness (QED) is 0.781. The summed E-state index contributed by atoms with van der Waals surface area (Å²) in [4.78, 5) is 34.4. The van der Waals surface area contributed by atoms with Gasteiger partial charge in [0, 0.05) is 31.0 Å². The van der Waals surface area contributed by atoms with Crippen molar-refractivity contribution in [3.63, 3.8) is 0 Å². The molecule has 0 aliphatic rings. The van der Waals surface area contributed by atoms with E-state index < -0.39 is 0 Å². The first-order valence-corrected chi connectivity index (χ1v) is 7.63. The topological polar surface area (TPSA) is 87.2 Å². The third-order valence-corrected chi connectivity index (χ3v) is 3.26. The number of nitrogens with one attached hydrogen (secondary N) is 2. The van der Waals surface area contributed by atoms with Crippen LogP contribution in [0, 0.1) is 0 Å². The van der Waals surface area contributed by atoms with E-state index in [-0.39, 0.29) is 17.5 Å². The van der Waals surface area contributed by atoms with Crippen LogP contribution in [0.1, 0.15) is 26.5 Å². The first-order chi connectivity index (χ1) is 11.6. The van der Waals surface area contributed by atoms with Crippen molar-refractivity contribution in [1.82, 2.24) is 25.5 Å². The number of hydrogen-bond donors (Lipinski definition) is 2. The molecule has 0 radical (unpaired) electrons. The van der Waals surface area contributed by atoms with Crippen molar-refractivity contribution in [2.75, 3.05) is 27.2 Å². The third kappa shape index (κ3) is 5.44. The lowest BCUT2D eigenvalue weighted by atomic mass is 10.2. The van der Waals surface area contributed by atoms with E-state index in [0.29, 0.717) is 18.7 Å². The minimum Gasteiger partial charge on any atom is -0.351 e. The number of carbonyl (C=O) groups excluding carboxylic acids is 2. The average molecular weight is 327 g/mol. The van der Waals surface area contributed by atoms with Crippen molar-refractivity contribution in [2.45, 2.75) is 6.54 Å². The Bertz CT molecular complexity index is 688. The van der Waals surface area contributed by atoms with Gasteiger partial charge in [-0.15, -0.1) is 0 Å². The summed E-state index contributed by atoms with van der Waals surface area (Å²) in [5.74, 6) is -0.568. The number of amides is 2. The Balaban J connectivity index is 1.93. The second kappa shape index (κ2) is 8.73. The Morgan fingerprint density at radius 3 is 2.58 bits per heavy atom. The number of likely N-dealkylation sites (N-methyl/N-ethyl adjacent to an activating group) is 1. The van der Waals surface area contributed by atoms with Crippen LogP contribution in [0.4, 0.5) is 0 Å². The number of pyridine rings is 2. The van der Waals surface area contributed by atoms with Gasteiger partial charge in [0.2, 0.25) is 0 Å². The molecule has 2 rings (SSSR count). The van der Waals surface area contributed by atoms with E-state index in [4.69, 9.17) is 0 Å². The molecule has 126 valence electrons. The molecule has 2 aromatic rings. The summed E-state index contributed by atoms with van der Waals surface area (Å²) in [6, 6.07) is 8.55. The van der Waals surface area contributed by atoms with Crippen molar-refractivity contribution in [2.24, 2.45) is 0 Å². The van der Waals surface area contributed by atoms with Gasteiger partial charge < -0.3 is 15.5 Å². The monoisotopic (exact) mass is 327 g/mol. The van der Waals surface area contributed by atoms with Crippen LogP contribution in [-0.2, 0) is 6.54 Å². The zero-order valence-electron chi connectivity index (χ0n) is 13.8. The van der Waals surface area contributed by atoms with Gasteiger partial charge in [-0.05, 0) is 38.4 Å². The summed E-state index contributed by atoms with van der Waals surface area (Å²) in [5, 5.41) is 5.54. The molecule has 0 saturated heterocycles. The smallest absolute Gasteiger partial charge is 0.270 e. The van der Waals surface area contributed by atoms with E-state index in [0.717, 1.165) is 12.2 Å². The van der Waals surface area contributed by atoms with Crippen LogP contribution in [0.5, 0.6) is 0 Å². The van der Waals surface area contributed by atoms with Crippen molar-refractivity contribution in [3.05, 3.63) is 59.7 Å². The Hall–Kier alpha value is -2.80. The second-order valence-electron chi connectivity index (χ2n) is 5.49. The van der Waals surface area contributed by atoms with Gasteiger partial charge in [-0.3, -0.25) is 19.6 Å². The van der Waals surface area contributed by atoms with E-state index >= 15 is 0 Å². The third-order valence-electron chi connectivity index (χ3n) is 3.26. The predicted molar refractivity (Wildman–Crippen MR) is 90.5 cm³/mol. The highest BCUT2D eigenvalue weighted by atomic mass is 16.2. The van der Waals surface area contributed by atoms with Crippen LogP contribution < -0.4 is 10.6 Å². The molecule has 2 N–H and O–H groups in total. The molecule has 2 aromatic heterocycles. The zero-order valence-corrected chi connectivity index (χ0v) is 13.8. The van der Waals surface area contributed by atoms with E-state index in [2.05, 4.69) is 20.6 Å². The van der Waals surface area contributed by atoms with Crippen molar-refractivity contribution in [1.29, 1.82) is 0 Å². The number of hydrogen-bond acceptors (Lipinski definition) is 5. The lowest BCUT2D eigenvalue weighted by Crippen LogP contribution is -2.31. The highest BCUT2D eigenvalue weighted by Crippen LogP contribution is 2.03. The molecular formula is C17H21N5O2. The maximum atomic E-state index is 12.2. The van der Waals surface area contributed by atoms with E-state index in [1.165, 1.54) is 12.3 Å². The fourth-order valence-electron chi connectivity index (χ4n) is 1.96. The zero-order chi connectivity index (χ0) is 17.4. The van der Waals surface area contributed by atoms with Crippen molar-refractivity contribution >= 4 is 11.8 Å². The Morgan fingerprint density at radius 2 is 1.88 bits per heavy atom. The van der Waals surface area contributed by atoms with Gasteiger partial charge in [0.25, 0.3) is 11.8 Å². The van der Waals surface area contributed by atoms with Crippen LogP contribution in [-0.4, -0.2) is 53.9 Å². The number of nitrogens with zero attached hydrogens (tertiary/aromatic N) is 3. The molecule has 0 spiro atoms. The van der Waals surface area contributed by atoms with E-state index in [1.54, 1.807) is 12.3 Å². The SMILES string of the molecule is CN(C)CCNC(=O)c1ccnc(C(=O)NCc2ccccn2)c1. The van der Waals surface area contributed by atoms with Gasteiger partial charge in [0.15, 0.2) is 0 Å². The van der Waals surface area contributed by atoms with Crippen LogP contribution >= 0.6 is 0 Å².